The zero-order valence-electron chi connectivity index (χ0n) is 16.5. The highest BCUT2D eigenvalue weighted by atomic mass is 19.1. The first-order valence-electron chi connectivity index (χ1n) is 9.87. The quantitative estimate of drug-likeness (QED) is 0.280. The van der Waals surface area contributed by atoms with Crippen LogP contribution in [0.3, 0.4) is 0 Å². The molecule has 0 radical (unpaired) electrons. The van der Waals surface area contributed by atoms with Crippen molar-refractivity contribution in [1.82, 2.24) is 9.97 Å². The highest BCUT2D eigenvalue weighted by molar-refractivity contribution is 6.14. The van der Waals surface area contributed by atoms with Crippen molar-refractivity contribution in [3.05, 3.63) is 83.9 Å². The summed E-state index contributed by atoms with van der Waals surface area (Å²) in [4.78, 5) is 9.15. The van der Waals surface area contributed by atoms with Crippen molar-refractivity contribution in [2.24, 2.45) is 0 Å². The summed E-state index contributed by atoms with van der Waals surface area (Å²) in [6.07, 6.45) is 1.55. The molecule has 30 heavy (non-hydrogen) atoms. The third-order valence-corrected chi connectivity index (χ3v) is 5.92. The van der Waals surface area contributed by atoms with E-state index in [0.717, 1.165) is 54.9 Å². The number of aryl methyl sites for hydroxylation is 2. The molecule has 0 N–H and O–H groups in total. The van der Waals surface area contributed by atoms with E-state index in [1.54, 1.807) is 13.3 Å². The van der Waals surface area contributed by atoms with E-state index in [0.29, 0.717) is 11.1 Å². The Labute approximate surface area is 171 Å². The lowest BCUT2D eigenvalue weighted by atomic mass is 9.96. The summed E-state index contributed by atoms with van der Waals surface area (Å²) in [6.45, 7) is 3.60. The number of rotatable bonds is 1. The van der Waals surface area contributed by atoms with Gasteiger partial charge in [-0.05, 0) is 54.6 Å². The number of nitrogens with zero attached hydrogens (tertiary/aromatic N) is 2. The van der Waals surface area contributed by atoms with Crippen LogP contribution < -0.4 is 0 Å². The van der Waals surface area contributed by atoms with E-state index >= 15 is 0 Å². The zero-order valence-corrected chi connectivity index (χ0v) is 16.5. The summed E-state index contributed by atoms with van der Waals surface area (Å²) in [5.74, 6) is -0.186. The van der Waals surface area contributed by atoms with Crippen molar-refractivity contribution in [3.63, 3.8) is 0 Å². The Balaban J connectivity index is 1.74. The van der Waals surface area contributed by atoms with Gasteiger partial charge in [0.05, 0.1) is 11.2 Å². The highest BCUT2D eigenvalue weighted by Crippen LogP contribution is 2.39. The second-order valence-electron chi connectivity index (χ2n) is 7.70. The number of hydrogen-bond donors (Lipinski definition) is 0. The molecule has 2 aromatic heterocycles. The lowest BCUT2D eigenvalue weighted by Crippen LogP contribution is -1.95. The SMILES string of the molecule is Cc1cc2ccc3c(-c4cccc5c4oc4ccccc45)ncnc3c2c(C)c1F. The molecule has 144 valence electrons. The Kier molecular flexibility index (Phi) is 3.48. The van der Waals surface area contributed by atoms with Gasteiger partial charge in [-0.2, -0.15) is 0 Å². The average molecular weight is 392 g/mol. The predicted octanol–water partition coefficient (Wildman–Crippen LogP) is 7.11. The summed E-state index contributed by atoms with van der Waals surface area (Å²) in [7, 11) is 0. The molecule has 4 aromatic carbocycles. The van der Waals surface area contributed by atoms with Gasteiger partial charge in [0.15, 0.2) is 0 Å². The van der Waals surface area contributed by atoms with Crippen LogP contribution in [0.25, 0.3) is 54.9 Å². The predicted molar refractivity (Wildman–Crippen MR) is 119 cm³/mol. The van der Waals surface area contributed by atoms with Crippen LogP contribution in [-0.2, 0) is 0 Å². The van der Waals surface area contributed by atoms with Crippen molar-refractivity contribution < 1.29 is 8.81 Å². The molecule has 4 heteroatoms. The van der Waals surface area contributed by atoms with E-state index in [1.807, 2.05) is 55.5 Å². The van der Waals surface area contributed by atoms with E-state index in [4.69, 9.17) is 4.42 Å². The van der Waals surface area contributed by atoms with Crippen molar-refractivity contribution in [1.29, 1.82) is 0 Å². The fourth-order valence-corrected chi connectivity index (χ4v) is 4.51. The molecule has 2 heterocycles. The van der Waals surface area contributed by atoms with Crippen LogP contribution in [0, 0.1) is 19.7 Å². The summed E-state index contributed by atoms with van der Waals surface area (Å²) in [5.41, 5.74) is 5.33. The van der Waals surface area contributed by atoms with Gasteiger partial charge in [-0.3, -0.25) is 0 Å². The van der Waals surface area contributed by atoms with Crippen LogP contribution in [0.4, 0.5) is 4.39 Å². The smallest absolute Gasteiger partial charge is 0.144 e. The molecule has 0 amide bonds. The van der Waals surface area contributed by atoms with Crippen LogP contribution in [0.15, 0.2) is 71.4 Å². The molecule has 0 fully saturated rings. The molecule has 6 rings (SSSR count). The molecular formula is C26H17FN2O. The van der Waals surface area contributed by atoms with Gasteiger partial charge in [-0.1, -0.05) is 36.4 Å². The molecule has 0 aliphatic carbocycles. The van der Waals surface area contributed by atoms with Gasteiger partial charge in [-0.15, -0.1) is 0 Å². The maximum Gasteiger partial charge on any atom is 0.144 e. The molecule has 0 atom stereocenters. The third kappa shape index (κ3) is 2.25. The molecule has 3 nitrogen and oxygen atoms in total. The molecular weight excluding hydrogens is 375 g/mol. The monoisotopic (exact) mass is 392 g/mol. The third-order valence-electron chi connectivity index (χ3n) is 5.92. The molecule has 0 saturated carbocycles. The molecule has 0 bridgehead atoms. The second-order valence-corrected chi connectivity index (χ2v) is 7.70. The van der Waals surface area contributed by atoms with Crippen molar-refractivity contribution in [2.45, 2.75) is 13.8 Å². The Morgan fingerprint density at radius 1 is 0.833 bits per heavy atom. The Hall–Kier alpha value is -3.79. The normalized spacial score (nSPS) is 11.8. The number of aromatic nitrogens is 2. The average Bonchev–Trinajstić information content (AvgIpc) is 3.15. The summed E-state index contributed by atoms with van der Waals surface area (Å²) < 4.78 is 20.9. The van der Waals surface area contributed by atoms with Gasteiger partial charge < -0.3 is 4.42 Å². The summed E-state index contributed by atoms with van der Waals surface area (Å²) >= 11 is 0. The maximum absolute atomic E-state index is 14.7. The molecule has 0 aliphatic rings. The van der Waals surface area contributed by atoms with Gasteiger partial charge in [-0.25, -0.2) is 14.4 Å². The van der Waals surface area contributed by atoms with E-state index in [-0.39, 0.29) is 5.82 Å². The number of hydrogen-bond acceptors (Lipinski definition) is 3. The Morgan fingerprint density at radius 3 is 2.57 bits per heavy atom. The number of para-hydroxylation sites is 2. The van der Waals surface area contributed by atoms with Crippen LogP contribution in [0.1, 0.15) is 11.1 Å². The van der Waals surface area contributed by atoms with Gasteiger partial charge in [0, 0.05) is 27.1 Å². The van der Waals surface area contributed by atoms with Crippen LogP contribution in [0.5, 0.6) is 0 Å². The van der Waals surface area contributed by atoms with Crippen LogP contribution in [0.2, 0.25) is 0 Å². The first-order chi connectivity index (χ1) is 14.6. The minimum Gasteiger partial charge on any atom is -0.455 e. The van der Waals surface area contributed by atoms with Gasteiger partial charge in [0.25, 0.3) is 0 Å². The van der Waals surface area contributed by atoms with Crippen molar-refractivity contribution in [2.75, 3.05) is 0 Å². The molecule has 0 aliphatic heterocycles. The first kappa shape index (κ1) is 17.1. The summed E-state index contributed by atoms with van der Waals surface area (Å²) in [6, 6.07) is 20.0. The number of fused-ring (bicyclic) bond motifs is 6. The fraction of sp³-hybridized carbons (Fsp3) is 0.0769. The molecule has 0 saturated heterocycles. The van der Waals surface area contributed by atoms with E-state index in [2.05, 4.69) is 22.1 Å². The Morgan fingerprint density at radius 2 is 1.67 bits per heavy atom. The standard InChI is InChI=1S/C26H17FN2O/c1-14-12-16-10-11-19-24(28-13-29-25(19)22(16)15(2)23(14)27)20-8-5-7-18-17-6-3-4-9-21(17)30-26(18)20/h3-13H,1-2H3. The van der Waals surface area contributed by atoms with Crippen LogP contribution >= 0.6 is 0 Å². The van der Waals surface area contributed by atoms with Crippen LogP contribution in [-0.4, -0.2) is 9.97 Å². The van der Waals surface area contributed by atoms with Gasteiger partial charge in [0.2, 0.25) is 0 Å². The molecule has 0 spiro atoms. The number of halogens is 1. The fourth-order valence-electron chi connectivity index (χ4n) is 4.51. The lowest BCUT2D eigenvalue weighted by Gasteiger charge is -2.12. The topological polar surface area (TPSA) is 38.9 Å². The zero-order chi connectivity index (χ0) is 20.4. The van der Waals surface area contributed by atoms with E-state index < -0.39 is 0 Å². The van der Waals surface area contributed by atoms with Crippen molar-refractivity contribution >= 4 is 43.6 Å². The van der Waals surface area contributed by atoms with E-state index in [1.165, 1.54) is 0 Å². The van der Waals surface area contributed by atoms with Gasteiger partial charge in [0.1, 0.15) is 23.3 Å². The van der Waals surface area contributed by atoms with E-state index in [9.17, 15) is 4.39 Å². The largest absolute Gasteiger partial charge is 0.455 e. The summed E-state index contributed by atoms with van der Waals surface area (Å²) in [5, 5.41) is 4.81. The number of benzene rings is 4. The second kappa shape index (κ2) is 6.10. The maximum atomic E-state index is 14.7. The first-order valence-corrected chi connectivity index (χ1v) is 9.87. The minimum atomic E-state index is -0.186. The molecule has 6 aromatic rings. The lowest BCUT2D eigenvalue weighted by molar-refractivity contribution is 0.612. The Bertz CT molecular complexity index is 1630. The van der Waals surface area contributed by atoms with Gasteiger partial charge >= 0.3 is 0 Å². The van der Waals surface area contributed by atoms with Crippen molar-refractivity contribution in [3.8, 4) is 11.3 Å². The number of furan rings is 1. The molecule has 0 unspecified atom stereocenters. The minimum absolute atomic E-state index is 0.186. The highest BCUT2D eigenvalue weighted by Gasteiger charge is 2.17.